The van der Waals surface area contributed by atoms with E-state index in [1.54, 1.807) is 4.90 Å². The van der Waals surface area contributed by atoms with Gasteiger partial charge in [0.2, 0.25) is 11.8 Å². The van der Waals surface area contributed by atoms with Gasteiger partial charge in [-0.15, -0.1) is 0 Å². The first kappa shape index (κ1) is 12.1. The molecule has 6 heteroatoms. The molecule has 1 aromatic rings. The number of rotatable bonds is 2. The van der Waals surface area contributed by atoms with Crippen molar-refractivity contribution in [3.63, 3.8) is 0 Å². The molecule has 17 heavy (non-hydrogen) atoms. The number of carbonyl (C=O) groups is 2. The number of hydrazine groups is 1. The van der Waals surface area contributed by atoms with Crippen molar-refractivity contribution in [2.24, 2.45) is 11.8 Å². The largest absolute Gasteiger partial charge is 0.310 e. The van der Waals surface area contributed by atoms with Gasteiger partial charge in [0.1, 0.15) is 0 Å². The van der Waals surface area contributed by atoms with Crippen LogP contribution in [0.5, 0.6) is 0 Å². The fourth-order valence-electron chi connectivity index (χ4n) is 1.90. The van der Waals surface area contributed by atoms with Gasteiger partial charge in [0.05, 0.1) is 11.6 Å². The maximum atomic E-state index is 11.8. The van der Waals surface area contributed by atoms with Crippen LogP contribution in [0.3, 0.4) is 0 Å². The van der Waals surface area contributed by atoms with Crippen molar-refractivity contribution >= 4 is 33.4 Å². The Balaban J connectivity index is 2.22. The Bertz CT molecular complexity index is 464. The Morgan fingerprint density at radius 2 is 2.18 bits per heavy atom. The minimum atomic E-state index is -0.375. The quantitative estimate of drug-likeness (QED) is 0.481. The summed E-state index contributed by atoms with van der Waals surface area (Å²) in [5.41, 5.74) is 2.87. The number of carbonyl (C=O) groups excluding carboxylic acids is 2. The van der Waals surface area contributed by atoms with Crippen LogP contribution in [0.15, 0.2) is 28.7 Å². The molecule has 2 rings (SSSR count). The van der Waals surface area contributed by atoms with E-state index >= 15 is 0 Å². The third-order valence-electron chi connectivity index (χ3n) is 2.78. The Kier molecular flexibility index (Phi) is 3.44. The van der Waals surface area contributed by atoms with Gasteiger partial charge in [-0.05, 0) is 28.1 Å². The molecule has 0 bridgehead atoms. The summed E-state index contributed by atoms with van der Waals surface area (Å²) < 4.78 is 0.835. The number of halogens is 1. The number of nitrogens with two attached hydrogens (primary N) is 1. The summed E-state index contributed by atoms with van der Waals surface area (Å²) in [4.78, 5) is 24.8. The Hall–Kier alpha value is -1.40. The molecule has 1 saturated heterocycles. The number of para-hydroxylation sites is 1. The summed E-state index contributed by atoms with van der Waals surface area (Å²) in [6, 6.07) is 7.42. The zero-order valence-corrected chi connectivity index (χ0v) is 10.6. The summed E-state index contributed by atoms with van der Waals surface area (Å²) in [6.45, 7) is 0.366. The molecule has 2 amide bonds. The highest BCUT2D eigenvalue weighted by molar-refractivity contribution is 9.10. The lowest BCUT2D eigenvalue weighted by Crippen LogP contribution is -2.37. The maximum absolute atomic E-state index is 11.8. The maximum Gasteiger partial charge on any atom is 0.239 e. The van der Waals surface area contributed by atoms with Crippen molar-refractivity contribution in [3.05, 3.63) is 28.7 Å². The Labute approximate surface area is 107 Å². The number of hydrogen-bond acceptors (Lipinski definition) is 3. The van der Waals surface area contributed by atoms with Crippen molar-refractivity contribution in [1.29, 1.82) is 0 Å². The molecule has 0 radical (unpaired) electrons. The average molecular weight is 298 g/mol. The molecular weight excluding hydrogens is 286 g/mol. The van der Waals surface area contributed by atoms with Crippen LogP contribution in [0.1, 0.15) is 6.42 Å². The number of nitrogens with one attached hydrogen (secondary N) is 1. The van der Waals surface area contributed by atoms with E-state index < -0.39 is 0 Å². The van der Waals surface area contributed by atoms with Crippen LogP contribution < -0.4 is 16.2 Å². The first-order valence-corrected chi connectivity index (χ1v) is 5.98. The van der Waals surface area contributed by atoms with Gasteiger partial charge >= 0.3 is 0 Å². The normalized spacial score (nSPS) is 19.5. The smallest absolute Gasteiger partial charge is 0.239 e. The summed E-state index contributed by atoms with van der Waals surface area (Å²) in [7, 11) is 0. The van der Waals surface area contributed by atoms with Gasteiger partial charge < -0.3 is 4.90 Å². The van der Waals surface area contributed by atoms with Crippen molar-refractivity contribution in [3.8, 4) is 0 Å². The standard InChI is InChI=1S/C11H12BrN3O2/c12-8-3-1-2-4-9(8)15-6-7(5-10(15)16)11(17)14-13/h1-4,7H,5-6,13H2,(H,14,17). The van der Waals surface area contributed by atoms with E-state index in [1.807, 2.05) is 24.3 Å². The highest BCUT2D eigenvalue weighted by atomic mass is 79.9. The van der Waals surface area contributed by atoms with E-state index in [2.05, 4.69) is 21.4 Å². The van der Waals surface area contributed by atoms with Gasteiger partial charge in [0, 0.05) is 17.4 Å². The third kappa shape index (κ3) is 2.32. The minimum absolute atomic E-state index is 0.0644. The molecule has 0 aromatic heterocycles. The zero-order chi connectivity index (χ0) is 12.4. The molecule has 90 valence electrons. The molecule has 0 aliphatic carbocycles. The van der Waals surface area contributed by atoms with Gasteiger partial charge in [-0.3, -0.25) is 15.0 Å². The molecular formula is C11H12BrN3O2. The van der Waals surface area contributed by atoms with Crippen LogP contribution in [0.25, 0.3) is 0 Å². The first-order chi connectivity index (χ1) is 8.13. The highest BCUT2D eigenvalue weighted by Gasteiger charge is 2.35. The number of hydrogen-bond donors (Lipinski definition) is 2. The van der Waals surface area contributed by atoms with Gasteiger partial charge in [-0.2, -0.15) is 0 Å². The molecule has 0 saturated carbocycles. The van der Waals surface area contributed by atoms with Gasteiger partial charge in [-0.25, -0.2) is 5.84 Å². The fraction of sp³-hybridized carbons (Fsp3) is 0.273. The second-order valence-electron chi connectivity index (χ2n) is 3.87. The average Bonchev–Trinajstić information content (AvgIpc) is 2.71. The number of nitrogens with zero attached hydrogens (tertiary/aromatic N) is 1. The molecule has 0 spiro atoms. The van der Waals surface area contributed by atoms with E-state index in [9.17, 15) is 9.59 Å². The van der Waals surface area contributed by atoms with E-state index in [0.29, 0.717) is 6.54 Å². The van der Waals surface area contributed by atoms with Gasteiger partial charge in [0.25, 0.3) is 0 Å². The Morgan fingerprint density at radius 3 is 2.82 bits per heavy atom. The fourth-order valence-corrected chi connectivity index (χ4v) is 2.40. The predicted octanol–water partition coefficient (Wildman–Crippen LogP) is 0.792. The molecule has 1 atom stereocenters. The lowest BCUT2D eigenvalue weighted by Gasteiger charge is -2.17. The zero-order valence-electron chi connectivity index (χ0n) is 9.02. The number of amides is 2. The summed E-state index contributed by atoms with van der Waals surface area (Å²) in [5.74, 6) is 4.33. The molecule has 1 fully saturated rings. The summed E-state index contributed by atoms with van der Waals surface area (Å²) in [6.07, 6.45) is 0.199. The summed E-state index contributed by atoms with van der Waals surface area (Å²) in [5, 5.41) is 0. The Morgan fingerprint density at radius 1 is 1.47 bits per heavy atom. The first-order valence-electron chi connectivity index (χ1n) is 5.19. The van der Waals surface area contributed by atoms with Crippen LogP contribution >= 0.6 is 15.9 Å². The second kappa shape index (κ2) is 4.85. The van der Waals surface area contributed by atoms with Crippen molar-refractivity contribution in [1.82, 2.24) is 5.43 Å². The molecule has 1 unspecified atom stereocenters. The van der Waals surface area contributed by atoms with E-state index in [0.717, 1.165) is 10.2 Å². The van der Waals surface area contributed by atoms with Gasteiger partial charge in [-0.1, -0.05) is 12.1 Å². The molecule has 1 aliphatic rings. The SMILES string of the molecule is NNC(=O)C1CC(=O)N(c2ccccc2Br)C1. The second-order valence-corrected chi connectivity index (χ2v) is 4.72. The van der Waals surface area contributed by atoms with E-state index in [1.165, 1.54) is 0 Å². The molecule has 3 N–H and O–H groups in total. The van der Waals surface area contributed by atoms with Crippen molar-refractivity contribution in [2.45, 2.75) is 6.42 Å². The van der Waals surface area contributed by atoms with Crippen molar-refractivity contribution in [2.75, 3.05) is 11.4 Å². The van der Waals surface area contributed by atoms with Crippen LogP contribution in [-0.2, 0) is 9.59 Å². The van der Waals surface area contributed by atoms with Crippen LogP contribution in [0, 0.1) is 5.92 Å². The van der Waals surface area contributed by atoms with E-state index in [-0.39, 0.29) is 24.2 Å². The van der Waals surface area contributed by atoms with E-state index in [4.69, 9.17) is 5.84 Å². The van der Waals surface area contributed by atoms with Gasteiger partial charge in [0.15, 0.2) is 0 Å². The number of anilines is 1. The number of benzene rings is 1. The summed E-state index contributed by atoms with van der Waals surface area (Å²) >= 11 is 3.39. The third-order valence-corrected chi connectivity index (χ3v) is 3.45. The molecule has 1 aliphatic heterocycles. The molecule has 1 heterocycles. The van der Waals surface area contributed by atoms with Crippen LogP contribution in [0.2, 0.25) is 0 Å². The molecule has 5 nitrogen and oxygen atoms in total. The van der Waals surface area contributed by atoms with Crippen LogP contribution in [-0.4, -0.2) is 18.4 Å². The minimum Gasteiger partial charge on any atom is -0.310 e. The topological polar surface area (TPSA) is 75.4 Å². The lowest BCUT2D eigenvalue weighted by atomic mass is 10.1. The van der Waals surface area contributed by atoms with Crippen LogP contribution in [0.4, 0.5) is 5.69 Å². The van der Waals surface area contributed by atoms with Crippen molar-refractivity contribution < 1.29 is 9.59 Å². The predicted molar refractivity (Wildman–Crippen MR) is 66.9 cm³/mol. The highest BCUT2D eigenvalue weighted by Crippen LogP contribution is 2.31. The lowest BCUT2D eigenvalue weighted by molar-refractivity contribution is -0.126. The monoisotopic (exact) mass is 297 g/mol. The molecule has 1 aromatic carbocycles.